The second-order valence-electron chi connectivity index (χ2n) is 5.90. The van der Waals surface area contributed by atoms with Crippen LogP contribution in [0.15, 0.2) is 23.1 Å². The average molecular weight is 337 g/mol. The van der Waals surface area contributed by atoms with Crippen LogP contribution in [0.3, 0.4) is 0 Å². The molecule has 0 bridgehead atoms. The maximum Gasteiger partial charge on any atom is 0.514 e. The van der Waals surface area contributed by atoms with Crippen molar-refractivity contribution in [1.82, 2.24) is 14.2 Å². The van der Waals surface area contributed by atoms with Crippen molar-refractivity contribution >= 4 is 17.8 Å². The zero-order valence-corrected chi connectivity index (χ0v) is 13.9. The standard InChI is InChI=1S/C15H19N3O6/c1-5-22-12(19)9-18-13(20)17-8-10(6-7-11(17)16-18)23-14(21)24-15(2,3)4/h6-8H,5,9H2,1-4H3. The lowest BCUT2D eigenvalue weighted by Crippen LogP contribution is -2.27. The first kappa shape index (κ1) is 17.5. The van der Waals surface area contributed by atoms with E-state index in [1.54, 1.807) is 27.7 Å². The van der Waals surface area contributed by atoms with E-state index in [1.807, 2.05) is 0 Å². The maximum atomic E-state index is 12.2. The topological polar surface area (TPSA) is 101 Å². The van der Waals surface area contributed by atoms with E-state index in [2.05, 4.69) is 5.10 Å². The summed E-state index contributed by atoms with van der Waals surface area (Å²) in [4.78, 5) is 35.3. The van der Waals surface area contributed by atoms with Crippen molar-refractivity contribution in [1.29, 1.82) is 0 Å². The van der Waals surface area contributed by atoms with Gasteiger partial charge in [0, 0.05) is 0 Å². The van der Waals surface area contributed by atoms with E-state index in [1.165, 1.54) is 22.7 Å². The van der Waals surface area contributed by atoms with Gasteiger partial charge in [-0.05, 0) is 39.8 Å². The van der Waals surface area contributed by atoms with Crippen molar-refractivity contribution in [3.05, 3.63) is 28.8 Å². The summed E-state index contributed by atoms with van der Waals surface area (Å²) in [6.07, 6.45) is 0.421. The van der Waals surface area contributed by atoms with Gasteiger partial charge in [0.25, 0.3) is 0 Å². The molecule has 0 radical (unpaired) electrons. The monoisotopic (exact) mass is 337 g/mol. The molecular formula is C15H19N3O6. The zero-order chi connectivity index (χ0) is 17.9. The van der Waals surface area contributed by atoms with Gasteiger partial charge in [-0.1, -0.05) is 0 Å². The van der Waals surface area contributed by atoms with Gasteiger partial charge >= 0.3 is 17.8 Å². The lowest BCUT2D eigenvalue weighted by molar-refractivity contribution is -0.144. The summed E-state index contributed by atoms with van der Waals surface area (Å²) in [5, 5.41) is 4.01. The summed E-state index contributed by atoms with van der Waals surface area (Å²) in [6, 6.07) is 2.96. The first-order valence-corrected chi connectivity index (χ1v) is 7.35. The molecule has 0 aliphatic carbocycles. The fourth-order valence-electron chi connectivity index (χ4n) is 1.86. The van der Waals surface area contributed by atoms with Gasteiger partial charge in [0.05, 0.1) is 12.8 Å². The molecule has 2 aromatic rings. The van der Waals surface area contributed by atoms with E-state index >= 15 is 0 Å². The number of aromatic nitrogens is 3. The summed E-state index contributed by atoms with van der Waals surface area (Å²) in [5.74, 6) is -0.442. The average Bonchev–Trinajstić information content (AvgIpc) is 2.74. The van der Waals surface area contributed by atoms with E-state index in [-0.39, 0.29) is 18.9 Å². The molecule has 0 amide bonds. The number of nitrogens with zero attached hydrogens (tertiary/aromatic N) is 3. The molecule has 0 unspecified atom stereocenters. The molecule has 24 heavy (non-hydrogen) atoms. The van der Waals surface area contributed by atoms with Crippen molar-refractivity contribution in [2.45, 2.75) is 39.8 Å². The molecule has 130 valence electrons. The summed E-state index contributed by atoms with van der Waals surface area (Å²) in [5.41, 5.74) is -0.934. The molecule has 2 aromatic heterocycles. The number of esters is 1. The fourth-order valence-corrected chi connectivity index (χ4v) is 1.86. The fraction of sp³-hybridized carbons (Fsp3) is 0.467. The molecule has 0 aromatic carbocycles. The SMILES string of the molecule is CCOC(=O)Cn1nc2ccc(OC(=O)OC(C)(C)C)cn2c1=O. The Balaban J connectivity index is 2.22. The highest BCUT2D eigenvalue weighted by atomic mass is 16.7. The van der Waals surface area contributed by atoms with E-state index in [0.29, 0.717) is 5.65 Å². The third-order valence-electron chi connectivity index (χ3n) is 2.72. The highest BCUT2D eigenvalue weighted by molar-refractivity contribution is 5.69. The molecule has 0 aliphatic rings. The molecule has 2 heterocycles. The predicted octanol–water partition coefficient (Wildman–Crippen LogP) is 1.37. The Hall–Kier alpha value is -2.84. The van der Waals surface area contributed by atoms with E-state index in [9.17, 15) is 14.4 Å². The minimum atomic E-state index is -0.881. The number of hydrogen-bond donors (Lipinski definition) is 0. The molecule has 0 spiro atoms. The minimum absolute atomic E-state index is 0.120. The van der Waals surface area contributed by atoms with Crippen molar-refractivity contribution in [3.63, 3.8) is 0 Å². The van der Waals surface area contributed by atoms with Crippen molar-refractivity contribution in [2.24, 2.45) is 0 Å². The molecule has 0 saturated heterocycles. The van der Waals surface area contributed by atoms with Crippen LogP contribution in [0, 0.1) is 0 Å². The van der Waals surface area contributed by atoms with Gasteiger partial charge in [-0.15, -0.1) is 5.10 Å². The third kappa shape index (κ3) is 4.34. The summed E-state index contributed by atoms with van der Waals surface area (Å²) < 4.78 is 17.0. The molecule has 9 nitrogen and oxygen atoms in total. The largest absolute Gasteiger partial charge is 0.514 e. The number of carbonyl (C=O) groups is 2. The van der Waals surface area contributed by atoms with Crippen LogP contribution in [0.5, 0.6) is 5.75 Å². The number of rotatable bonds is 4. The van der Waals surface area contributed by atoms with Crippen molar-refractivity contribution in [3.8, 4) is 5.75 Å². The number of hydrogen-bond acceptors (Lipinski definition) is 7. The highest BCUT2D eigenvalue weighted by Crippen LogP contribution is 2.14. The molecule has 0 atom stereocenters. The van der Waals surface area contributed by atoms with Gasteiger partial charge in [-0.25, -0.2) is 18.7 Å². The first-order valence-electron chi connectivity index (χ1n) is 7.35. The summed E-state index contributed by atoms with van der Waals surface area (Å²) in [7, 11) is 0. The van der Waals surface area contributed by atoms with Gasteiger partial charge in [0.15, 0.2) is 11.4 Å². The zero-order valence-electron chi connectivity index (χ0n) is 13.9. The Kier molecular flexibility index (Phi) is 4.91. The van der Waals surface area contributed by atoms with Crippen LogP contribution in [0.2, 0.25) is 0 Å². The Morgan fingerprint density at radius 1 is 1.25 bits per heavy atom. The number of pyridine rings is 1. The molecule has 0 fully saturated rings. The maximum absolute atomic E-state index is 12.2. The minimum Gasteiger partial charge on any atom is -0.465 e. The lowest BCUT2D eigenvalue weighted by Gasteiger charge is -2.18. The van der Waals surface area contributed by atoms with Gasteiger partial charge in [0.2, 0.25) is 0 Å². The van der Waals surface area contributed by atoms with E-state index < -0.39 is 23.4 Å². The van der Waals surface area contributed by atoms with Gasteiger partial charge < -0.3 is 14.2 Å². The molecule has 0 saturated carbocycles. The summed E-state index contributed by atoms with van der Waals surface area (Å²) in [6.45, 7) is 6.72. The van der Waals surface area contributed by atoms with Crippen LogP contribution in [0.25, 0.3) is 5.65 Å². The highest BCUT2D eigenvalue weighted by Gasteiger charge is 2.19. The Labute approximate surface area is 137 Å². The van der Waals surface area contributed by atoms with Crippen LogP contribution in [-0.4, -0.2) is 38.5 Å². The van der Waals surface area contributed by atoms with Crippen LogP contribution in [-0.2, 0) is 20.8 Å². The van der Waals surface area contributed by atoms with E-state index in [4.69, 9.17) is 14.2 Å². The van der Waals surface area contributed by atoms with Crippen LogP contribution >= 0.6 is 0 Å². The van der Waals surface area contributed by atoms with Gasteiger partial charge in [-0.2, -0.15) is 0 Å². The van der Waals surface area contributed by atoms with Gasteiger partial charge in [-0.3, -0.25) is 4.79 Å². The van der Waals surface area contributed by atoms with Crippen LogP contribution < -0.4 is 10.4 Å². The summed E-state index contributed by atoms with van der Waals surface area (Å²) >= 11 is 0. The molecule has 0 aliphatic heterocycles. The second-order valence-corrected chi connectivity index (χ2v) is 5.90. The number of fused-ring (bicyclic) bond motifs is 1. The Morgan fingerprint density at radius 3 is 2.58 bits per heavy atom. The Bertz CT molecular complexity index is 815. The van der Waals surface area contributed by atoms with E-state index in [0.717, 1.165) is 4.68 Å². The molecule has 2 rings (SSSR count). The normalized spacial score (nSPS) is 11.3. The predicted molar refractivity (Wildman–Crippen MR) is 82.9 cm³/mol. The molecular weight excluding hydrogens is 318 g/mol. The molecule has 9 heteroatoms. The number of ether oxygens (including phenoxy) is 3. The third-order valence-corrected chi connectivity index (χ3v) is 2.72. The van der Waals surface area contributed by atoms with Crippen LogP contribution in [0.4, 0.5) is 4.79 Å². The smallest absolute Gasteiger partial charge is 0.465 e. The molecule has 0 N–H and O–H groups in total. The Morgan fingerprint density at radius 2 is 1.96 bits per heavy atom. The number of carbonyl (C=O) groups excluding carboxylic acids is 2. The lowest BCUT2D eigenvalue weighted by atomic mass is 10.2. The first-order chi connectivity index (χ1) is 11.2. The van der Waals surface area contributed by atoms with Gasteiger partial charge in [0.1, 0.15) is 12.1 Å². The second kappa shape index (κ2) is 6.73. The van der Waals surface area contributed by atoms with Crippen LogP contribution in [0.1, 0.15) is 27.7 Å². The van der Waals surface area contributed by atoms with Crippen molar-refractivity contribution < 1.29 is 23.8 Å². The van der Waals surface area contributed by atoms with Crippen molar-refractivity contribution in [2.75, 3.05) is 6.61 Å². The quantitative estimate of drug-likeness (QED) is 0.777.